The zero-order valence-electron chi connectivity index (χ0n) is 19.9. The summed E-state index contributed by atoms with van der Waals surface area (Å²) in [6, 6.07) is 9.01. The van der Waals surface area contributed by atoms with Crippen molar-refractivity contribution in [1.82, 2.24) is 0 Å². The molecule has 0 amide bonds. The van der Waals surface area contributed by atoms with Crippen LogP contribution in [0.5, 0.6) is 23.0 Å². The number of carbonyl (C=O) groups excluding carboxylic acids is 4. The minimum absolute atomic E-state index is 0.104. The van der Waals surface area contributed by atoms with Gasteiger partial charge >= 0.3 is 23.9 Å². The van der Waals surface area contributed by atoms with Gasteiger partial charge in [0.2, 0.25) is 0 Å². The van der Waals surface area contributed by atoms with Crippen molar-refractivity contribution in [2.45, 2.75) is 13.8 Å². The molecular formula is C28H24O8. The highest BCUT2D eigenvalue weighted by molar-refractivity contribution is 5.95. The summed E-state index contributed by atoms with van der Waals surface area (Å²) in [5.41, 5.74) is 2.25. The lowest BCUT2D eigenvalue weighted by atomic mass is 9.95. The minimum atomic E-state index is -0.720. The number of esters is 4. The fourth-order valence-corrected chi connectivity index (χ4v) is 2.94. The van der Waals surface area contributed by atoms with Crippen LogP contribution in [-0.2, 0) is 19.2 Å². The van der Waals surface area contributed by atoms with E-state index in [9.17, 15) is 19.2 Å². The Morgan fingerprint density at radius 2 is 0.861 bits per heavy atom. The lowest BCUT2D eigenvalue weighted by Crippen LogP contribution is -2.08. The molecular weight excluding hydrogens is 464 g/mol. The quantitative estimate of drug-likeness (QED) is 0.199. The highest BCUT2D eigenvalue weighted by Gasteiger charge is 2.18. The molecule has 2 aromatic carbocycles. The third-order valence-corrected chi connectivity index (χ3v) is 4.80. The summed E-state index contributed by atoms with van der Waals surface area (Å²) in [7, 11) is 0. The van der Waals surface area contributed by atoms with Gasteiger partial charge in [0.25, 0.3) is 0 Å². The first kappa shape index (κ1) is 27.3. The topological polar surface area (TPSA) is 105 Å². The van der Waals surface area contributed by atoms with E-state index in [1.807, 2.05) is 0 Å². The van der Waals surface area contributed by atoms with Crippen LogP contribution in [0.3, 0.4) is 0 Å². The molecule has 0 aliphatic rings. The van der Waals surface area contributed by atoms with Gasteiger partial charge in [-0.25, -0.2) is 19.2 Å². The molecule has 0 spiro atoms. The van der Waals surface area contributed by atoms with Crippen LogP contribution in [-0.4, -0.2) is 23.9 Å². The molecule has 184 valence electrons. The van der Waals surface area contributed by atoms with E-state index >= 15 is 0 Å². The lowest BCUT2D eigenvalue weighted by Gasteiger charge is -2.16. The maximum atomic E-state index is 11.9. The molecule has 36 heavy (non-hydrogen) atoms. The Hall–Kier alpha value is -4.98. The third kappa shape index (κ3) is 7.01. The number of carbonyl (C=O) groups is 4. The summed E-state index contributed by atoms with van der Waals surface area (Å²) < 4.78 is 21.0. The molecule has 0 saturated heterocycles. The molecule has 0 aliphatic carbocycles. The van der Waals surface area contributed by atoms with Gasteiger partial charge in [-0.3, -0.25) is 0 Å². The van der Waals surface area contributed by atoms with E-state index < -0.39 is 23.9 Å². The summed E-state index contributed by atoms with van der Waals surface area (Å²) in [5.74, 6) is -2.33. The summed E-state index contributed by atoms with van der Waals surface area (Å²) in [4.78, 5) is 47.1. The molecule has 0 N–H and O–H groups in total. The molecule has 0 bridgehead atoms. The molecule has 0 fully saturated rings. The normalized spacial score (nSPS) is 10.7. The standard InChI is InChI=1S/C28H24O8/c1-7-25(29)33-19-11-13-21(23(15-19)35-27(31)9-3)17(5)18(6)22-14-12-20(34-26(30)8-2)16-24(22)36-28(32)10-4/h7-16H,1-4H2,5-6H3. The first-order valence-electron chi connectivity index (χ1n) is 10.5. The summed E-state index contributed by atoms with van der Waals surface area (Å²) in [6.45, 7) is 17.0. The Bertz CT molecular complexity index is 1200. The second-order valence-electron chi connectivity index (χ2n) is 7.07. The van der Waals surface area contributed by atoms with Crippen LogP contribution in [0.15, 0.2) is 87.0 Å². The van der Waals surface area contributed by atoms with E-state index in [0.29, 0.717) is 22.3 Å². The maximum absolute atomic E-state index is 11.9. The highest BCUT2D eigenvalue weighted by Crippen LogP contribution is 2.38. The van der Waals surface area contributed by atoms with Crippen LogP contribution in [0.4, 0.5) is 0 Å². The van der Waals surface area contributed by atoms with Gasteiger partial charge in [-0.2, -0.15) is 0 Å². The van der Waals surface area contributed by atoms with Crippen molar-refractivity contribution in [2.75, 3.05) is 0 Å². The molecule has 2 rings (SSSR count). The molecule has 0 radical (unpaired) electrons. The second kappa shape index (κ2) is 12.5. The average molecular weight is 488 g/mol. The number of benzene rings is 2. The van der Waals surface area contributed by atoms with Gasteiger partial charge in [-0.1, -0.05) is 26.3 Å². The van der Waals surface area contributed by atoms with Crippen LogP contribution in [0.25, 0.3) is 11.1 Å². The molecule has 0 atom stereocenters. The third-order valence-electron chi connectivity index (χ3n) is 4.80. The van der Waals surface area contributed by atoms with Gasteiger partial charge in [0.15, 0.2) is 0 Å². The van der Waals surface area contributed by atoms with E-state index in [1.54, 1.807) is 26.0 Å². The van der Waals surface area contributed by atoms with Gasteiger partial charge in [-0.15, -0.1) is 0 Å². The monoisotopic (exact) mass is 488 g/mol. The van der Waals surface area contributed by atoms with Crippen LogP contribution in [0, 0.1) is 0 Å². The largest absolute Gasteiger partial charge is 0.423 e. The Kier molecular flexibility index (Phi) is 9.45. The lowest BCUT2D eigenvalue weighted by molar-refractivity contribution is -0.130. The minimum Gasteiger partial charge on any atom is -0.423 e. The molecule has 0 heterocycles. The average Bonchev–Trinajstić information content (AvgIpc) is 2.87. The number of rotatable bonds is 10. The van der Waals surface area contributed by atoms with Gasteiger partial charge < -0.3 is 18.9 Å². The Morgan fingerprint density at radius 3 is 1.17 bits per heavy atom. The van der Waals surface area contributed by atoms with Crippen molar-refractivity contribution >= 4 is 35.0 Å². The molecule has 0 unspecified atom stereocenters. The highest BCUT2D eigenvalue weighted by atomic mass is 16.6. The smallest absolute Gasteiger partial charge is 0.335 e. The van der Waals surface area contributed by atoms with E-state index in [4.69, 9.17) is 18.9 Å². The van der Waals surface area contributed by atoms with Crippen molar-refractivity contribution in [1.29, 1.82) is 0 Å². The van der Waals surface area contributed by atoms with Crippen molar-refractivity contribution in [2.24, 2.45) is 0 Å². The molecule has 8 nitrogen and oxygen atoms in total. The first-order chi connectivity index (χ1) is 17.1. The first-order valence-corrected chi connectivity index (χ1v) is 10.5. The molecule has 2 aromatic rings. The van der Waals surface area contributed by atoms with E-state index in [-0.39, 0.29) is 23.0 Å². The summed E-state index contributed by atoms with van der Waals surface area (Å²) in [5, 5.41) is 0. The Morgan fingerprint density at radius 1 is 0.556 bits per heavy atom. The number of hydrogen-bond acceptors (Lipinski definition) is 8. The zero-order chi connectivity index (χ0) is 26.8. The van der Waals surface area contributed by atoms with Gasteiger partial charge in [-0.05, 0) is 49.3 Å². The van der Waals surface area contributed by atoms with Crippen LogP contribution in [0.2, 0.25) is 0 Å². The molecule has 0 aliphatic heterocycles. The molecule has 0 aromatic heterocycles. The van der Waals surface area contributed by atoms with E-state index in [0.717, 1.165) is 24.3 Å². The van der Waals surface area contributed by atoms with Crippen LogP contribution < -0.4 is 18.9 Å². The Balaban J connectivity index is 2.65. The van der Waals surface area contributed by atoms with Crippen molar-refractivity contribution in [3.63, 3.8) is 0 Å². The van der Waals surface area contributed by atoms with Gasteiger partial charge in [0, 0.05) is 47.6 Å². The van der Waals surface area contributed by atoms with E-state index in [2.05, 4.69) is 26.3 Å². The summed E-state index contributed by atoms with van der Waals surface area (Å²) in [6.07, 6.45) is 3.99. The fraction of sp³-hybridized carbons (Fsp3) is 0.0714. The van der Waals surface area contributed by atoms with Crippen molar-refractivity contribution in [3.05, 3.63) is 98.1 Å². The second-order valence-corrected chi connectivity index (χ2v) is 7.07. The number of ether oxygens (including phenoxy) is 4. The van der Waals surface area contributed by atoms with Gasteiger partial charge in [0.05, 0.1) is 0 Å². The van der Waals surface area contributed by atoms with E-state index in [1.165, 1.54) is 24.3 Å². The van der Waals surface area contributed by atoms with Crippen LogP contribution in [0.1, 0.15) is 25.0 Å². The predicted octanol–water partition coefficient (Wildman–Crippen LogP) is 5.00. The molecule has 0 saturated carbocycles. The van der Waals surface area contributed by atoms with Crippen LogP contribution >= 0.6 is 0 Å². The van der Waals surface area contributed by atoms with Crippen molar-refractivity contribution in [3.8, 4) is 23.0 Å². The number of allylic oxidation sites excluding steroid dienone is 2. The van der Waals surface area contributed by atoms with Crippen molar-refractivity contribution < 1.29 is 38.1 Å². The fourth-order valence-electron chi connectivity index (χ4n) is 2.94. The predicted molar refractivity (Wildman–Crippen MR) is 134 cm³/mol. The maximum Gasteiger partial charge on any atom is 0.335 e. The Labute approximate surface area is 208 Å². The number of hydrogen-bond donors (Lipinski definition) is 0. The van der Waals surface area contributed by atoms with Gasteiger partial charge in [0.1, 0.15) is 23.0 Å². The zero-order valence-corrected chi connectivity index (χ0v) is 19.9. The SMILES string of the molecule is C=CC(=O)Oc1ccc(C(C)=C(C)c2ccc(OC(=O)C=C)cc2OC(=O)C=C)c(OC(=O)C=C)c1. The summed E-state index contributed by atoms with van der Waals surface area (Å²) >= 11 is 0. The molecule has 8 heteroatoms.